The van der Waals surface area contributed by atoms with Crippen LogP contribution in [-0.4, -0.2) is 16.5 Å². The number of nitrogens with zero attached hydrogens (tertiary/aromatic N) is 1. The lowest BCUT2D eigenvalue weighted by atomic mass is 9.81. The molecule has 1 fully saturated rings. The van der Waals surface area contributed by atoms with Crippen molar-refractivity contribution in [3.8, 4) is 0 Å². The Balaban J connectivity index is 1.59. The largest absolute Gasteiger partial charge is 0.348 e. The first kappa shape index (κ1) is 12.6. The minimum absolute atomic E-state index is 0.901. The van der Waals surface area contributed by atoms with Gasteiger partial charge in [-0.3, -0.25) is 0 Å². The molecule has 1 saturated carbocycles. The van der Waals surface area contributed by atoms with E-state index in [1.165, 1.54) is 37.8 Å². The highest BCUT2D eigenvalue weighted by molar-refractivity contribution is 5.07. The average Bonchev–Trinajstić information content (AvgIpc) is 2.73. The molecule has 0 unspecified atom stereocenters. The zero-order chi connectivity index (χ0) is 12.1. The second-order valence-corrected chi connectivity index (χ2v) is 5.57. The highest BCUT2D eigenvalue weighted by atomic mass is 14.9. The molecule has 1 aliphatic carbocycles. The Morgan fingerprint density at radius 2 is 2.12 bits per heavy atom. The SMILES string of the molecule is Cc1[nH]cnc1CNCCC1CCC(C)CC1. The van der Waals surface area contributed by atoms with Crippen LogP contribution >= 0.6 is 0 Å². The normalized spacial score (nSPS) is 25.1. The maximum Gasteiger partial charge on any atom is 0.0925 e. The Kier molecular flexibility index (Phi) is 4.60. The van der Waals surface area contributed by atoms with Crippen LogP contribution in [0.1, 0.15) is 50.4 Å². The fourth-order valence-electron chi connectivity index (χ4n) is 2.70. The minimum Gasteiger partial charge on any atom is -0.348 e. The molecule has 0 saturated heterocycles. The first-order valence-electron chi connectivity index (χ1n) is 6.95. The second kappa shape index (κ2) is 6.20. The van der Waals surface area contributed by atoms with Crippen molar-refractivity contribution in [3.05, 3.63) is 17.7 Å². The van der Waals surface area contributed by atoms with Crippen molar-refractivity contribution in [1.29, 1.82) is 0 Å². The maximum atomic E-state index is 4.29. The fourth-order valence-corrected chi connectivity index (χ4v) is 2.70. The number of hydrogen-bond donors (Lipinski definition) is 2. The van der Waals surface area contributed by atoms with Crippen LogP contribution in [0.25, 0.3) is 0 Å². The first-order chi connectivity index (χ1) is 8.25. The molecule has 1 aliphatic rings. The first-order valence-corrected chi connectivity index (χ1v) is 6.95. The Hall–Kier alpha value is -0.830. The Labute approximate surface area is 104 Å². The van der Waals surface area contributed by atoms with Crippen LogP contribution < -0.4 is 5.32 Å². The summed E-state index contributed by atoms with van der Waals surface area (Å²) in [4.78, 5) is 7.40. The summed E-state index contributed by atoms with van der Waals surface area (Å²) in [5.74, 6) is 1.92. The molecule has 1 aromatic rings. The molecule has 0 spiro atoms. The lowest BCUT2D eigenvalue weighted by molar-refractivity contribution is 0.275. The van der Waals surface area contributed by atoms with E-state index in [9.17, 15) is 0 Å². The summed E-state index contributed by atoms with van der Waals surface area (Å²) in [7, 11) is 0. The van der Waals surface area contributed by atoms with Crippen molar-refractivity contribution in [2.24, 2.45) is 11.8 Å². The topological polar surface area (TPSA) is 40.7 Å². The van der Waals surface area contributed by atoms with Gasteiger partial charge in [0.25, 0.3) is 0 Å². The van der Waals surface area contributed by atoms with Gasteiger partial charge in [0.05, 0.1) is 12.0 Å². The predicted molar refractivity (Wildman–Crippen MR) is 70.8 cm³/mol. The number of aromatic amines is 1. The van der Waals surface area contributed by atoms with Crippen LogP contribution in [0.5, 0.6) is 0 Å². The fraction of sp³-hybridized carbons (Fsp3) is 0.786. The second-order valence-electron chi connectivity index (χ2n) is 5.57. The highest BCUT2D eigenvalue weighted by Crippen LogP contribution is 2.29. The van der Waals surface area contributed by atoms with Gasteiger partial charge in [-0.1, -0.05) is 32.6 Å². The van der Waals surface area contributed by atoms with Crippen molar-refractivity contribution in [1.82, 2.24) is 15.3 Å². The molecular formula is C14H25N3. The number of rotatable bonds is 5. The van der Waals surface area contributed by atoms with Crippen molar-refractivity contribution < 1.29 is 0 Å². The van der Waals surface area contributed by atoms with E-state index in [4.69, 9.17) is 0 Å². The van der Waals surface area contributed by atoms with E-state index in [2.05, 4.69) is 29.1 Å². The summed E-state index contributed by atoms with van der Waals surface area (Å²) in [5.41, 5.74) is 2.34. The van der Waals surface area contributed by atoms with Gasteiger partial charge in [0.15, 0.2) is 0 Å². The summed E-state index contributed by atoms with van der Waals surface area (Å²) in [6, 6.07) is 0. The molecule has 2 rings (SSSR count). The van der Waals surface area contributed by atoms with Gasteiger partial charge in [0, 0.05) is 12.2 Å². The number of hydrogen-bond acceptors (Lipinski definition) is 2. The van der Waals surface area contributed by atoms with E-state index < -0.39 is 0 Å². The van der Waals surface area contributed by atoms with Crippen molar-refractivity contribution in [2.45, 2.75) is 52.5 Å². The van der Waals surface area contributed by atoms with E-state index in [-0.39, 0.29) is 0 Å². The van der Waals surface area contributed by atoms with Gasteiger partial charge in [-0.2, -0.15) is 0 Å². The summed E-state index contributed by atoms with van der Waals surface area (Å²) >= 11 is 0. The smallest absolute Gasteiger partial charge is 0.0925 e. The lowest BCUT2D eigenvalue weighted by Gasteiger charge is -2.26. The number of imidazole rings is 1. The lowest BCUT2D eigenvalue weighted by Crippen LogP contribution is -2.21. The summed E-state index contributed by atoms with van der Waals surface area (Å²) in [6.45, 7) is 6.49. The molecular weight excluding hydrogens is 210 g/mol. The average molecular weight is 235 g/mol. The molecule has 1 heterocycles. The van der Waals surface area contributed by atoms with Crippen LogP contribution in [0.4, 0.5) is 0 Å². The monoisotopic (exact) mass is 235 g/mol. The molecule has 17 heavy (non-hydrogen) atoms. The van der Waals surface area contributed by atoms with Gasteiger partial charge in [0.1, 0.15) is 0 Å². The van der Waals surface area contributed by atoms with Crippen LogP contribution in [0, 0.1) is 18.8 Å². The molecule has 2 N–H and O–H groups in total. The van der Waals surface area contributed by atoms with Crippen LogP contribution in [0.3, 0.4) is 0 Å². The molecule has 0 atom stereocenters. The Morgan fingerprint density at radius 1 is 1.35 bits per heavy atom. The maximum absolute atomic E-state index is 4.29. The molecule has 0 radical (unpaired) electrons. The molecule has 96 valence electrons. The van der Waals surface area contributed by atoms with Gasteiger partial charge in [-0.15, -0.1) is 0 Å². The van der Waals surface area contributed by atoms with Gasteiger partial charge >= 0.3 is 0 Å². The summed E-state index contributed by atoms with van der Waals surface area (Å²) in [6.07, 6.45) is 8.84. The van der Waals surface area contributed by atoms with E-state index in [0.29, 0.717) is 0 Å². The Morgan fingerprint density at radius 3 is 2.76 bits per heavy atom. The third-order valence-corrected chi connectivity index (χ3v) is 4.09. The summed E-state index contributed by atoms with van der Waals surface area (Å²) < 4.78 is 0. The molecule has 1 aromatic heterocycles. The van der Waals surface area contributed by atoms with E-state index in [0.717, 1.165) is 30.6 Å². The molecule has 3 heteroatoms. The molecule has 0 bridgehead atoms. The van der Waals surface area contributed by atoms with E-state index in [1.54, 1.807) is 6.33 Å². The predicted octanol–water partition coefficient (Wildman–Crippen LogP) is 3.02. The van der Waals surface area contributed by atoms with Crippen molar-refractivity contribution in [3.63, 3.8) is 0 Å². The van der Waals surface area contributed by atoms with Crippen LogP contribution in [-0.2, 0) is 6.54 Å². The van der Waals surface area contributed by atoms with Gasteiger partial charge < -0.3 is 10.3 Å². The molecule has 0 aliphatic heterocycles. The van der Waals surface area contributed by atoms with E-state index in [1.807, 2.05) is 0 Å². The zero-order valence-electron chi connectivity index (χ0n) is 11.1. The number of aromatic nitrogens is 2. The van der Waals surface area contributed by atoms with Gasteiger partial charge in [0.2, 0.25) is 0 Å². The van der Waals surface area contributed by atoms with Gasteiger partial charge in [-0.25, -0.2) is 4.98 Å². The van der Waals surface area contributed by atoms with E-state index >= 15 is 0 Å². The highest BCUT2D eigenvalue weighted by Gasteiger charge is 2.17. The molecule has 3 nitrogen and oxygen atoms in total. The zero-order valence-corrected chi connectivity index (χ0v) is 11.1. The van der Waals surface area contributed by atoms with Crippen LogP contribution in [0.15, 0.2) is 6.33 Å². The molecule has 0 amide bonds. The number of nitrogens with one attached hydrogen (secondary N) is 2. The summed E-state index contributed by atoms with van der Waals surface area (Å²) in [5, 5.41) is 3.50. The minimum atomic E-state index is 0.901. The van der Waals surface area contributed by atoms with Gasteiger partial charge in [-0.05, 0) is 31.7 Å². The van der Waals surface area contributed by atoms with Crippen LogP contribution in [0.2, 0.25) is 0 Å². The van der Waals surface area contributed by atoms with Crippen molar-refractivity contribution >= 4 is 0 Å². The Bertz CT molecular complexity index is 324. The van der Waals surface area contributed by atoms with Crippen molar-refractivity contribution in [2.75, 3.05) is 6.54 Å². The third kappa shape index (κ3) is 3.84. The number of H-pyrrole nitrogens is 1. The standard InChI is InChI=1S/C14H25N3/c1-11-3-5-13(6-4-11)7-8-15-9-14-12(2)16-10-17-14/h10-11,13,15H,3-9H2,1-2H3,(H,16,17). The quantitative estimate of drug-likeness (QED) is 0.770. The number of aryl methyl sites for hydroxylation is 1. The molecule has 0 aromatic carbocycles. The third-order valence-electron chi connectivity index (χ3n) is 4.09.